The van der Waals surface area contributed by atoms with E-state index < -0.39 is 0 Å². The van der Waals surface area contributed by atoms with E-state index in [2.05, 4.69) is 6.07 Å². The van der Waals surface area contributed by atoms with E-state index in [4.69, 9.17) is 11.0 Å². The lowest BCUT2D eigenvalue weighted by molar-refractivity contribution is 0.369. The summed E-state index contributed by atoms with van der Waals surface area (Å²) in [5, 5.41) is 8.53. The van der Waals surface area contributed by atoms with E-state index in [9.17, 15) is 0 Å². The molecular weight excluding hydrogens is 148 g/mol. The van der Waals surface area contributed by atoms with Crippen molar-refractivity contribution < 1.29 is 0 Å². The van der Waals surface area contributed by atoms with Gasteiger partial charge in [0.25, 0.3) is 0 Å². The van der Waals surface area contributed by atoms with Crippen molar-refractivity contribution in [2.75, 3.05) is 0 Å². The van der Waals surface area contributed by atoms with Crippen LogP contribution in [0.15, 0.2) is 0 Å². The zero-order valence-corrected chi connectivity index (χ0v) is 6.73. The molecule has 1 aliphatic rings. The maximum Gasteiger partial charge on any atom is 0.0672 e. The lowest BCUT2D eigenvalue weighted by Crippen LogP contribution is -2.31. The molecule has 3 heteroatoms. The lowest BCUT2D eigenvalue weighted by atomic mass is 9.86. The molecule has 0 aliphatic heterocycles. The molecule has 1 saturated carbocycles. The molecule has 1 fully saturated rings. The van der Waals surface area contributed by atoms with Gasteiger partial charge in [-0.3, -0.25) is 0 Å². The SMILES string of the molecule is Cl.N#CC1CCCCC1N. The van der Waals surface area contributed by atoms with Crippen LogP contribution in [0, 0.1) is 17.2 Å². The van der Waals surface area contributed by atoms with Crippen LogP contribution in [0.4, 0.5) is 0 Å². The third kappa shape index (κ3) is 2.17. The Morgan fingerprint density at radius 1 is 1.30 bits per heavy atom. The molecule has 0 aromatic heterocycles. The highest BCUT2D eigenvalue weighted by Crippen LogP contribution is 2.21. The first-order chi connectivity index (χ1) is 4.34. The van der Waals surface area contributed by atoms with E-state index in [0.717, 1.165) is 12.8 Å². The summed E-state index contributed by atoms with van der Waals surface area (Å²) < 4.78 is 0. The second-order valence-electron chi connectivity index (χ2n) is 2.68. The molecule has 10 heavy (non-hydrogen) atoms. The average molecular weight is 161 g/mol. The van der Waals surface area contributed by atoms with Crippen LogP contribution < -0.4 is 5.73 Å². The molecule has 0 heterocycles. The molecule has 0 aromatic rings. The molecule has 2 nitrogen and oxygen atoms in total. The second kappa shape index (κ2) is 4.54. The molecule has 0 aromatic carbocycles. The molecule has 1 aliphatic carbocycles. The van der Waals surface area contributed by atoms with Crippen molar-refractivity contribution in [3.8, 4) is 6.07 Å². The molecule has 2 unspecified atom stereocenters. The van der Waals surface area contributed by atoms with E-state index in [1.807, 2.05) is 0 Å². The fourth-order valence-corrected chi connectivity index (χ4v) is 1.32. The minimum absolute atomic E-state index is 0. The molecule has 58 valence electrons. The zero-order valence-electron chi connectivity index (χ0n) is 5.92. The van der Waals surface area contributed by atoms with E-state index in [-0.39, 0.29) is 24.4 Å². The number of nitrogens with zero attached hydrogens (tertiary/aromatic N) is 1. The fraction of sp³-hybridized carbons (Fsp3) is 0.857. The van der Waals surface area contributed by atoms with Gasteiger partial charge < -0.3 is 5.73 Å². The van der Waals surface area contributed by atoms with E-state index in [1.165, 1.54) is 12.8 Å². The maximum absolute atomic E-state index is 8.53. The zero-order chi connectivity index (χ0) is 6.69. The van der Waals surface area contributed by atoms with Gasteiger partial charge in [-0.1, -0.05) is 12.8 Å². The summed E-state index contributed by atoms with van der Waals surface area (Å²) in [5.74, 6) is 0.138. The third-order valence-corrected chi connectivity index (χ3v) is 1.99. The van der Waals surface area contributed by atoms with Crippen LogP contribution in [0.25, 0.3) is 0 Å². The Bertz CT molecular complexity index is 130. The monoisotopic (exact) mass is 160 g/mol. The van der Waals surface area contributed by atoms with Crippen LogP contribution in [-0.2, 0) is 0 Å². The molecular formula is C7H13ClN2. The standard InChI is InChI=1S/C7H12N2.ClH/c8-5-6-3-1-2-4-7(6)9;/h6-7H,1-4,9H2;1H. The Kier molecular flexibility index (Phi) is 4.42. The number of halogens is 1. The summed E-state index contributed by atoms with van der Waals surface area (Å²) in [4.78, 5) is 0. The van der Waals surface area contributed by atoms with E-state index >= 15 is 0 Å². The van der Waals surface area contributed by atoms with E-state index in [0.29, 0.717) is 0 Å². The quantitative estimate of drug-likeness (QED) is 0.583. The van der Waals surface area contributed by atoms with Crippen molar-refractivity contribution in [2.45, 2.75) is 31.7 Å². The summed E-state index contributed by atoms with van der Waals surface area (Å²) in [5.41, 5.74) is 5.67. The first kappa shape index (κ1) is 9.74. The van der Waals surface area contributed by atoms with Gasteiger partial charge in [-0.05, 0) is 12.8 Å². The van der Waals surface area contributed by atoms with Crippen LogP contribution in [0.2, 0.25) is 0 Å². The van der Waals surface area contributed by atoms with Crippen molar-refractivity contribution in [1.82, 2.24) is 0 Å². The molecule has 0 bridgehead atoms. The number of hydrogen-bond donors (Lipinski definition) is 1. The van der Waals surface area contributed by atoms with Gasteiger partial charge in [0.2, 0.25) is 0 Å². The predicted octanol–water partition coefficient (Wildman–Crippen LogP) is 1.45. The Hall–Kier alpha value is -0.260. The predicted molar refractivity (Wildman–Crippen MR) is 42.8 cm³/mol. The van der Waals surface area contributed by atoms with Gasteiger partial charge in [-0.25, -0.2) is 0 Å². The Labute approximate surface area is 67.8 Å². The molecule has 0 saturated heterocycles. The second-order valence-corrected chi connectivity index (χ2v) is 2.68. The number of nitriles is 1. The highest BCUT2D eigenvalue weighted by molar-refractivity contribution is 5.85. The maximum atomic E-state index is 8.53. The van der Waals surface area contributed by atoms with Gasteiger partial charge >= 0.3 is 0 Å². The summed E-state index contributed by atoms with van der Waals surface area (Å²) in [6, 6.07) is 2.38. The summed E-state index contributed by atoms with van der Waals surface area (Å²) in [6.45, 7) is 0. The number of hydrogen-bond acceptors (Lipinski definition) is 2. The Morgan fingerprint density at radius 3 is 2.30 bits per heavy atom. The van der Waals surface area contributed by atoms with Gasteiger partial charge in [0.1, 0.15) is 0 Å². The molecule has 0 radical (unpaired) electrons. The van der Waals surface area contributed by atoms with Crippen molar-refractivity contribution >= 4 is 12.4 Å². The van der Waals surface area contributed by atoms with Crippen molar-refractivity contribution in [2.24, 2.45) is 11.7 Å². The number of nitrogens with two attached hydrogens (primary N) is 1. The van der Waals surface area contributed by atoms with Gasteiger partial charge in [0.15, 0.2) is 0 Å². The topological polar surface area (TPSA) is 49.8 Å². The largest absolute Gasteiger partial charge is 0.327 e. The molecule has 0 spiro atoms. The average Bonchev–Trinajstić information content (AvgIpc) is 1.89. The van der Waals surface area contributed by atoms with Crippen molar-refractivity contribution in [3.05, 3.63) is 0 Å². The Balaban J connectivity index is 0.000000810. The lowest BCUT2D eigenvalue weighted by Gasteiger charge is -2.22. The van der Waals surface area contributed by atoms with Crippen LogP contribution in [0.3, 0.4) is 0 Å². The number of rotatable bonds is 0. The smallest absolute Gasteiger partial charge is 0.0672 e. The van der Waals surface area contributed by atoms with Crippen LogP contribution >= 0.6 is 12.4 Å². The summed E-state index contributed by atoms with van der Waals surface area (Å²) >= 11 is 0. The van der Waals surface area contributed by atoms with Crippen LogP contribution in [-0.4, -0.2) is 6.04 Å². The molecule has 0 amide bonds. The van der Waals surface area contributed by atoms with Crippen LogP contribution in [0.5, 0.6) is 0 Å². The van der Waals surface area contributed by atoms with Gasteiger partial charge in [-0.2, -0.15) is 5.26 Å². The van der Waals surface area contributed by atoms with Crippen LogP contribution in [0.1, 0.15) is 25.7 Å². The highest BCUT2D eigenvalue weighted by Gasteiger charge is 2.20. The van der Waals surface area contributed by atoms with Crippen molar-refractivity contribution in [1.29, 1.82) is 5.26 Å². The van der Waals surface area contributed by atoms with Gasteiger partial charge in [0.05, 0.1) is 12.0 Å². The highest BCUT2D eigenvalue weighted by atomic mass is 35.5. The summed E-state index contributed by atoms with van der Waals surface area (Å²) in [6.07, 6.45) is 4.45. The Morgan fingerprint density at radius 2 is 1.90 bits per heavy atom. The third-order valence-electron chi connectivity index (χ3n) is 1.99. The fourth-order valence-electron chi connectivity index (χ4n) is 1.32. The molecule has 2 atom stereocenters. The summed E-state index contributed by atoms with van der Waals surface area (Å²) in [7, 11) is 0. The minimum Gasteiger partial charge on any atom is -0.327 e. The first-order valence-corrected chi connectivity index (χ1v) is 3.50. The van der Waals surface area contributed by atoms with E-state index in [1.54, 1.807) is 0 Å². The van der Waals surface area contributed by atoms with Gasteiger partial charge in [-0.15, -0.1) is 12.4 Å². The first-order valence-electron chi connectivity index (χ1n) is 3.50. The minimum atomic E-state index is 0. The van der Waals surface area contributed by atoms with Gasteiger partial charge in [0, 0.05) is 6.04 Å². The van der Waals surface area contributed by atoms with Crippen molar-refractivity contribution in [3.63, 3.8) is 0 Å². The normalized spacial score (nSPS) is 32.0. The molecule has 2 N–H and O–H groups in total. The molecule has 1 rings (SSSR count).